The maximum atomic E-state index is 5.50. The normalized spacial score (nSPS) is 12.9. The van der Waals surface area contributed by atoms with Gasteiger partial charge >= 0.3 is 0 Å². The van der Waals surface area contributed by atoms with Crippen LogP contribution in [0.3, 0.4) is 0 Å². The van der Waals surface area contributed by atoms with Gasteiger partial charge in [0, 0.05) is 24.2 Å². The Hall–Kier alpha value is -1.55. The minimum absolute atomic E-state index is 0.245. The van der Waals surface area contributed by atoms with E-state index in [1.807, 2.05) is 19.9 Å². The predicted octanol–water partition coefficient (Wildman–Crippen LogP) is 2.74. The average molecular weight is 220 g/mol. The van der Waals surface area contributed by atoms with E-state index in [0.29, 0.717) is 6.54 Å². The monoisotopic (exact) mass is 220 g/mol. The lowest BCUT2D eigenvalue weighted by atomic mass is 10.1. The average Bonchev–Trinajstić information content (AvgIpc) is 2.84. The van der Waals surface area contributed by atoms with Crippen LogP contribution in [0.1, 0.15) is 35.7 Å². The van der Waals surface area contributed by atoms with Gasteiger partial charge in [0.15, 0.2) is 0 Å². The molecule has 0 saturated heterocycles. The second kappa shape index (κ2) is 4.53. The summed E-state index contributed by atoms with van der Waals surface area (Å²) in [6.45, 7) is 6.75. The van der Waals surface area contributed by atoms with Crippen LogP contribution in [0.5, 0.6) is 0 Å². The second-order valence-corrected chi connectivity index (χ2v) is 3.96. The van der Waals surface area contributed by atoms with E-state index in [0.717, 1.165) is 17.2 Å². The fourth-order valence-electron chi connectivity index (χ4n) is 1.78. The van der Waals surface area contributed by atoms with Gasteiger partial charge in [-0.05, 0) is 26.8 Å². The van der Waals surface area contributed by atoms with E-state index in [4.69, 9.17) is 8.94 Å². The fourth-order valence-corrected chi connectivity index (χ4v) is 1.78. The predicted molar refractivity (Wildman–Crippen MR) is 59.9 cm³/mol. The highest BCUT2D eigenvalue weighted by molar-refractivity contribution is 5.23. The molecule has 4 nitrogen and oxygen atoms in total. The van der Waals surface area contributed by atoms with Gasteiger partial charge in [0.1, 0.15) is 17.8 Å². The van der Waals surface area contributed by atoms with Gasteiger partial charge in [-0.3, -0.25) is 0 Å². The van der Waals surface area contributed by atoms with Crippen molar-refractivity contribution in [2.45, 2.75) is 33.4 Å². The molecular weight excluding hydrogens is 204 g/mol. The Morgan fingerprint density at radius 1 is 1.44 bits per heavy atom. The third kappa shape index (κ3) is 2.33. The van der Waals surface area contributed by atoms with E-state index in [-0.39, 0.29) is 6.04 Å². The largest absolute Gasteiger partial charge is 0.466 e. The van der Waals surface area contributed by atoms with Gasteiger partial charge in [-0.1, -0.05) is 5.16 Å². The molecule has 1 N–H and O–H groups in total. The van der Waals surface area contributed by atoms with Crippen molar-refractivity contribution in [3.8, 4) is 0 Å². The summed E-state index contributed by atoms with van der Waals surface area (Å²) in [7, 11) is 0. The van der Waals surface area contributed by atoms with Crippen LogP contribution >= 0.6 is 0 Å². The molecule has 0 fully saturated rings. The van der Waals surface area contributed by atoms with Crippen molar-refractivity contribution in [2.75, 3.05) is 0 Å². The highest BCUT2D eigenvalue weighted by Gasteiger charge is 2.12. The molecule has 1 unspecified atom stereocenters. The highest BCUT2D eigenvalue weighted by Crippen LogP contribution is 2.21. The molecule has 4 heteroatoms. The Balaban J connectivity index is 1.98. The Bertz CT molecular complexity index is 446. The zero-order chi connectivity index (χ0) is 11.5. The molecule has 16 heavy (non-hydrogen) atoms. The van der Waals surface area contributed by atoms with Gasteiger partial charge in [0.2, 0.25) is 0 Å². The van der Waals surface area contributed by atoms with Crippen molar-refractivity contribution >= 4 is 0 Å². The third-order valence-corrected chi connectivity index (χ3v) is 2.63. The molecule has 0 aliphatic rings. The molecule has 0 aliphatic carbocycles. The molecule has 2 rings (SSSR count). The Morgan fingerprint density at radius 3 is 2.81 bits per heavy atom. The lowest BCUT2D eigenvalue weighted by molar-refractivity contribution is 0.405. The van der Waals surface area contributed by atoms with E-state index in [9.17, 15) is 0 Å². The molecule has 2 heterocycles. The van der Waals surface area contributed by atoms with Gasteiger partial charge in [0.05, 0.1) is 5.69 Å². The quantitative estimate of drug-likeness (QED) is 0.860. The molecule has 2 aromatic rings. The maximum Gasteiger partial charge on any atom is 0.124 e. The molecule has 0 spiro atoms. The van der Waals surface area contributed by atoms with Gasteiger partial charge in [0.25, 0.3) is 0 Å². The lowest BCUT2D eigenvalue weighted by Crippen LogP contribution is -2.18. The standard InChI is InChI=1S/C12H16N2O2/c1-8-6-12(10(3)16-8)9(2)13-7-11-4-5-15-14-11/h4-6,9,13H,7H2,1-3H3. The van der Waals surface area contributed by atoms with Crippen molar-refractivity contribution < 1.29 is 8.94 Å². The summed E-state index contributed by atoms with van der Waals surface area (Å²) in [5.41, 5.74) is 2.10. The van der Waals surface area contributed by atoms with Crippen LogP contribution in [0.4, 0.5) is 0 Å². The number of rotatable bonds is 4. The van der Waals surface area contributed by atoms with Crippen molar-refractivity contribution in [2.24, 2.45) is 0 Å². The van der Waals surface area contributed by atoms with Crippen molar-refractivity contribution in [3.63, 3.8) is 0 Å². The zero-order valence-electron chi connectivity index (χ0n) is 9.78. The molecule has 1 atom stereocenters. The number of nitrogens with zero attached hydrogens (tertiary/aromatic N) is 1. The van der Waals surface area contributed by atoms with Crippen LogP contribution < -0.4 is 5.32 Å². The van der Waals surface area contributed by atoms with E-state index >= 15 is 0 Å². The summed E-state index contributed by atoms with van der Waals surface area (Å²) in [6, 6.07) is 4.16. The molecule has 0 aromatic carbocycles. The molecule has 2 aromatic heterocycles. The Labute approximate surface area is 94.6 Å². The number of hydrogen-bond donors (Lipinski definition) is 1. The lowest BCUT2D eigenvalue weighted by Gasteiger charge is -2.11. The first kappa shape index (κ1) is 11.0. The molecule has 86 valence electrons. The van der Waals surface area contributed by atoms with Crippen molar-refractivity contribution in [1.29, 1.82) is 0 Å². The van der Waals surface area contributed by atoms with Crippen LogP contribution in [0.15, 0.2) is 27.3 Å². The maximum absolute atomic E-state index is 5.50. The van der Waals surface area contributed by atoms with Crippen LogP contribution in [0.25, 0.3) is 0 Å². The molecule has 0 bridgehead atoms. The van der Waals surface area contributed by atoms with Gasteiger partial charge in [-0.2, -0.15) is 0 Å². The second-order valence-electron chi connectivity index (χ2n) is 3.96. The van der Waals surface area contributed by atoms with Crippen LogP contribution in [-0.2, 0) is 6.54 Å². The molecule has 0 aliphatic heterocycles. The number of furan rings is 1. The van der Waals surface area contributed by atoms with E-state index in [1.54, 1.807) is 6.26 Å². The van der Waals surface area contributed by atoms with Crippen molar-refractivity contribution in [3.05, 3.63) is 41.2 Å². The first-order valence-electron chi connectivity index (χ1n) is 5.36. The van der Waals surface area contributed by atoms with E-state index in [1.165, 1.54) is 5.56 Å². The summed E-state index contributed by atoms with van der Waals surface area (Å²) < 4.78 is 10.3. The van der Waals surface area contributed by atoms with Crippen LogP contribution in [-0.4, -0.2) is 5.16 Å². The van der Waals surface area contributed by atoms with Crippen LogP contribution in [0, 0.1) is 13.8 Å². The topological polar surface area (TPSA) is 51.2 Å². The summed E-state index contributed by atoms with van der Waals surface area (Å²) in [5, 5.41) is 7.22. The number of hydrogen-bond acceptors (Lipinski definition) is 4. The number of nitrogens with one attached hydrogen (secondary N) is 1. The SMILES string of the molecule is Cc1cc(C(C)NCc2ccon2)c(C)o1. The van der Waals surface area contributed by atoms with Gasteiger partial charge in [-0.15, -0.1) is 0 Å². The molecular formula is C12H16N2O2. The zero-order valence-corrected chi connectivity index (χ0v) is 9.78. The van der Waals surface area contributed by atoms with Crippen LogP contribution in [0.2, 0.25) is 0 Å². The smallest absolute Gasteiger partial charge is 0.124 e. The summed E-state index contributed by atoms with van der Waals surface area (Å²) in [4.78, 5) is 0. The highest BCUT2D eigenvalue weighted by atomic mass is 16.5. The van der Waals surface area contributed by atoms with Gasteiger partial charge in [-0.25, -0.2) is 0 Å². The summed E-state index contributed by atoms with van der Waals surface area (Å²) >= 11 is 0. The third-order valence-electron chi connectivity index (χ3n) is 2.63. The van der Waals surface area contributed by atoms with E-state index < -0.39 is 0 Å². The Morgan fingerprint density at radius 2 is 2.25 bits per heavy atom. The minimum atomic E-state index is 0.245. The first-order valence-corrected chi connectivity index (χ1v) is 5.36. The summed E-state index contributed by atoms with van der Waals surface area (Å²) in [5.74, 6) is 1.92. The number of aryl methyl sites for hydroxylation is 2. The number of aromatic nitrogens is 1. The van der Waals surface area contributed by atoms with Crippen molar-refractivity contribution in [1.82, 2.24) is 10.5 Å². The first-order chi connectivity index (χ1) is 7.66. The molecule has 0 amide bonds. The van der Waals surface area contributed by atoms with E-state index in [2.05, 4.69) is 23.5 Å². The Kier molecular flexibility index (Phi) is 3.10. The fraction of sp³-hybridized carbons (Fsp3) is 0.417. The molecule has 0 saturated carbocycles. The minimum Gasteiger partial charge on any atom is -0.466 e. The molecule has 0 radical (unpaired) electrons. The van der Waals surface area contributed by atoms with Gasteiger partial charge < -0.3 is 14.3 Å². The summed E-state index contributed by atoms with van der Waals surface area (Å²) in [6.07, 6.45) is 1.58.